The van der Waals surface area contributed by atoms with E-state index in [2.05, 4.69) is 5.32 Å². The lowest BCUT2D eigenvalue weighted by atomic mass is 9.88. The zero-order valence-corrected chi connectivity index (χ0v) is 11.2. The third kappa shape index (κ3) is 3.74. The Hall–Kier alpha value is -1.55. The normalized spacial score (nSPS) is 14.3. The van der Waals surface area contributed by atoms with E-state index in [0.717, 1.165) is 5.56 Å². The second-order valence-corrected chi connectivity index (χ2v) is 5.17. The highest BCUT2D eigenvalue weighted by molar-refractivity contribution is 5.79. The minimum atomic E-state index is -0.395. The molecule has 0 saturated heterocycles. The molecule has 18 heavy (non-hydrogen) atoms. The van der Waals surface area contributed by atoms with Crippen molar-refractivity contribution in [1.29, 1.82) is 0 Å². The number of aromatic hydroxyl groups is 1. The molecule has 1 unspecified atom stereocenters. The average Bonchev–Trinajstić information content (AvgIpc) is 2.28. The summed E-state index contributed by atoms with van der Waals surface area (Å²) in [6.07, 6.45) is 0.247. The smallest absolute Gasteiger partial charge is 0.224 e. The molecule has 4 heteroatoms. The first-order valence-corrected chi connectivity index (χ1v) is 6.16. The van der Waals surface area contributed by atoms with E-state index in [4.69, 9.17) is 5.73 Å². The van der Waals surface area contributed by atoms with Gasteiger partial charge in [0.15, 0.2) is 0 Å². The van der Waals surface area contributed by atoms with Crippen molar-refractivity contribution >= 4 is 5.91 Å². The monoisotopic (exact) mass is 250 g/mol. The third-order valence-corrected chi connectivity index (χ3v) is 3.40. The molecular formula is C14H22N2O2. The molecule has 0 radical (unpaired) electrons. The Morgan fingerprint density at radius 1 is 1.50 bits per heavy atom. The molecule has 1 aromatic carbocycles. The molecule has 1 aromatic rings. The van der Waals surface area contributed by atoms with Crippen molar-refractivity contribution < 1.29 is 9.90 Å². The first kappa shape index (κ1) is 14.5. The molecule has 0 bridgehead atoms. The fraction of sp³-hybridized carbons (Fsp3) is 0.500. The third-order valence-electron chi connectivity index (χ3n) is 3.40. The Balaban J connectivity index is 2.67. The predicted molar refractivity (Wildman–Crippen MR) is 72.3 cm³/mol. The van der Waals surface area contributed by atoms with Gasteiger partial charge < -0.3 is 16.2 Å². The van der Waals surface area contributed by atoms with Gasteiger partial charge in [-0.1, -0.05) is 26.0 Å². The van der Waals surface area contributed by atoms with Crippen molar-refractivity contribution in [2.75, 3.05) is 6.54 Å². The lowest BCUT2D eigenvalue weighted by Gasteiger charge is -2.33. The van der Waals surface area contributed by atoms with Crippen LogP contribution in [0.15, 0.2) is 24.3 Å². The summed E-state index contributed by atoms with van der Waals surface area (Å²) < 4.78 is 0. The molecule has 1 atom stereocenters. The number of phenolic OH excluding ortho intramolecular Hbond substituents is 1. The van der Waals surface area contributed by atoms with Crippen molar-refractivity contribution in [2.45, 2.75) is 32.7 Å². The van der Waals surface area contributed by atoms with Crippen molar-refractivity contribution in [3.8, 4) is 5.75 Å². The molecule has 1 amide bonds. The van der Waals surface area contributed by atoms with E-state index in [0.29, 0.717) is 6.54 Å². The van der Waals surface area contributed by atoms with E-state index < -0.39 is 5.54 Å². The number of hydrogen-bond donors (Lipinski definition) is 3. The van der Waals surface area contributed by atoms with Crippen molar-refractivity contribution in [3.05, 3.63) is 29.8 Å². The van der Waals surface area contributed by atoms with Gasteiger partial charge in [-0.25, -0.2) is 0 Å². The second-order valence-electron chi connectivity index (χ2n) is 5.17. The standard InChI is InChI=1S/C14H22N2O2/c1-10(2)14(3,9-15)16-13(18)8-11-5-4-6-12(17)7-11/h4-7,10,17H,8-9,15H2,1-3H3,(H,16,18). The topological polar surface area (TPSA) is 75.3 Å². The summed E-state index contributed by atoms with van der Waals surface area (Å²) in [5.41, 5.74) is 6.11. The predicted octanol–water partition coefficient (Wildman–Crippen LogP) is 1.42. The van der Waals surface area contributed by atoms with Crippen LogP contribution in [0.4, 0.5) is 0 Å². The lowest BCUT2D eigenvalue weighted by molar-refractivity contribution is -0.122. The van der Waals surface area contributed by atoms with Crippen LogP contribution in [-0.4, -0.2) is 23.1 Å². The summed E-state index contributed by atoms with van der Waals surface area (Å²) in [4.78, 5) is 12.0. The average molecular weight is 250 g/mol. The highest BCUT2D eigenvalue weighted by Gasteiger charge is 2.28. The SMILES string of the molecule is CC(C)C(C)(CN)NC(=O)Cc1cccc(O)c1. The summed E-state index contributed by atoms with van der Waals surface area (Å²) in [5.74, 6) is 0.351. The highest BCUT2D eigenvalue weighted by atomic mass is 16.3. The van der Waals surface area contributed by atoms with Gasteiger partial charge in [0, 0.05) is 6.54 Å². The molecule has 4 N–H and O–H groups in total. The number of hydrogen-bond acceptors (Lipinski definition) is 3. The molecule has 0 aromatic heterocycles. The van der Waals surface area contributed by atoms with Gasteiger partial charge in [0.25, 0.3) is 0 Å². The van der Waals surface area contributed by atoms with Gasteiger partial charge in [-0.2, -0.15) is 0 Å². The molecule has 0 heterocycles. The molecular weight excluding hydrogens is 228 g/mol. The maximum atomic E-state index is 12.0. The fourth-order valence-electron chi connectivity index (χ4n) is 1.65. The minimum Gasteiger partial charge on any atom is -0.508 e. The van der Waals surface area contributed by atoms with Crippen molar-refractivity contribution in [1.82, 2.24) is 5.32 Å². The number of nitrogens with one attached hydrogen (secondary N) is 1. The van der Waals surface area contributed by atoms with Gasteiger partial charge in [0.1, 0.15) is 5.75 Å². The van der Waals surface area contributed by atoms with Crippen LogP contribution in [0.25, 0.3) is 0 Å². The van der Waals surface area contributed by atoms with Gasteiger partial charge in [-0.15, -0.1) is 0 Å². The number of amides is 1. The van der Waals surface area contributed by atoms with Gasteiger partial charge in [0.05, 0.1) is 12.0 Å². The Labute approximate surface area is 108 Å². The van der Waals surface area contributed by atoms with Crippen LogP contribution >= 0.6 is 0 Å². The zero-order chi connectivity index (χ0) is 13.8. The van der Waals surface area contributed by atoms with Gasteiger partial charge in [0.2, 0.25) is 5.91 Å². The molecule has 100 valence electrons. The van der Waals surface area contributed by atoms with Crippen molar-refractivity contribution in [3.63, 3.8) is 0 Å². The van der Waals surface area contributed by atoms with E-state index in [1.165, 1.54) is 0 Å². The summed E-state index contributed by atoms with van der Waals surface area (Å²) in [7, 11) is 0. The lowest BCUT2D eigenvalue weighted by Crippen LogP contribution is -2.55. The van der Waals surface area contributed by atoms with E-state index in [1.807, 2.05) is 26.8 Å². The van der Waals surface area contributed by atoms with E-state index in [9.17, 15) is 9.90 Å². The Morgan fingerprint density at radius 3 is 2.67 bits per heavy atom. The fourth-order valence-corrected chi connectivity index (χ4v) is 1.65. The Morgan fingerprint density at radius 2 is 2.17 bits per heavy atom. The molecule has 0 aliphatic carbocycles. The van der Waals surface area contributed by atoms with Crippen LogP contribution in [0.5, 0.6) is 5.75 Å². The molecule has 0 saturated carbocycles. The number of carbonyl (C=O) groups is 1. The summed E-state index contributed by atoms with van der Waals surface area (Å²) in [6.45, 7) is 6.40. The van der Waals surface area contributed by atoms with Crippen LogP contribution in [0.1, 0.15) is 26.3 Å². The van der Waals surface area contributed by atoms with E-state index >= 15 is 0 Å². The summed E-state index contributed by atoms with van der Waals surface area (Å²) in [6, 6.07) is 6.71. The van der Waals surface area contributed by atoms with Crippen LogP contribution < -0.4 is 11.1 Å². The number of benzene rings is 1. The quantitative estimate of drug-likeness (QED) is 0.740. The van der Waals surface area contributed by atoms with Crippen molar-refractivity contribution in [2.24, 2.45) is 11.7 Å². The summed E-state index contributed by atoms with van der Waals surface area (Å²) in [5, 5.41) is 12.3. The van der Waals surface area contributed by atoms with Crippen LogP contribution in [0, 0.1) is 5.92 Å². The molecule has 0 fully saturated rings. The second kappa shape index (κ2) is 5.87. The number of rotatable bonds is 5. The molecule has 0 aliphatic heterocycles. The highest BCUT2D eigenvalue weighted by Crippen LogP contribution is 2.16. The van der Waals surface area contributed by atoms with Gasteiger partial charge in [-0.05, 0) is 30.5 Å². The van der Waals surface area contributed by atoms with Crippen LogP contribution in [0.3, 0.4) is 0 Å². The Bertz CT molecular complexity index is 418. The van der Waals surface area contributed by atoms with Crippen LogP contribution in [-0.2, 0) is 11.2 Å². The molecule has 0 aliphatic rings. The molecule has 0 spiro atoms. The largest absolute Gasteiger partial charge is 0.508 e. The number of phenols is 1. The zero-order valence-electron chi connectivity index (χ0n) is 11.2. The maximum Gasteiger partial charge on any atom is 0.224 e. The maximum absolute atomic E-state index is 12.0. The molecule has 1 rings (SSSR count). The first-order chi connectivity index (χ1) is 8.37. The van der Waals surface area contributed by atoms with E-state index in [1.54, 1.807) is 18.2 Å². The van der Waals surface area contributed by atoms with E-state index in [-0.39, 0.29) is 24.0 Å². The minimum absolute atomic E-state index is 0.0812. The number of carbonyl (C=O) groups excluding carboxylic acids is 1. The summed E-state index contributed by atoms with van der Waals surface area (Å²) >= 11 is 0. The molecule has 4 nitrogen and oxygen atoms in total. The van der Waals surface area contributed by atoms with Gasteiger partial charge >= 0.3 is 0 Å². The first-order valence-electron chi connectivity index (χ1n) is 6.16. The van der Waals surface area contributed by atoms with Gasteiger partial charge in [-0.3, -0.25) is 4.79 Å². The van der Waals surface area contributed by atoms with Crippen LogP contribution in [0.2, 0.25) is 0 Å². The number of nitrogens with two attached hydrogens (primary N) is 1. The Kier molecular flexibility index (Phi) is 4.73.